The van der Waals surface area contributed by atoms with Gasteiger partial charge in [0.15, 0.2) is 0 Å². The largest absolute Gasteiger partial charge is 0.634 e. The van der Waals surface area contributed by atoms with Crippen LogP contribution in [-0.2, 0) is 23.2 Å². The lowest BCUT2D eigenvalue weighted by Gasteiger charge is -2.33. The fourth-order valence-corrected chi connectivity index (χ4v) is 11.5. The molecule has 0 saturated heterocycles. The maximum atomic E-state index is 7.11. The molecule has 4 N–H and O–H groups in total. The van der Waals surface area contributed by atoms with Crippen LogP contribution in [0.5, 0.6) is 0 Å². The van der Waals surface area contributed by atoms with Gasteiger partial charge in [-0.15, -0.1) is 0 Å². The van der Waals surface area contributed by atoms with E-state index in [0.717, 1.165) is 21.4 Å². The molecule has 0 radical (unpaired) electrons. The lowest BCUT2D eigenvalue weighted by atomic mass is 10.2. The van der Waals surface area contributed by atoms with Gasteiger partial charge in [-0.2, -0.15) is 0 Å². The predicted octanol–water partition coefficient (Wildman–Crippen LogP) is 4.64. The first-order valence-electron chi connectivity index (χ1n) is 11.5. The van der Waals surface area contributed by atoms with E-state index in [1.807, 2.05) is 36.4 Å². The van der Waals surface area contributed by atoms with Crippen LogP contribution >= 0.6 is 0 Å². The first-order valence-corrected chi connectivity index (χ1v) is 15.5. The smallest absolute Gasteiger partial charge is 0.481 e. The van der Waals surface area contributed by atoms with E-state index in [1.165, 1.54) is 16.7 Å². The van der Waals surface area contributed by atoms with Crippen LogP contribution in [-0.4, -0.2) is 29.0 Å². The predicted molar refractivity (Wildman–Crippen MR) is 140 cm³/mol. The second-order valence-corrected chi connectivity index (χ2v) is 14.1. The van der Waals surface area contributed by atoms with E-state index in [0.29, 0.717) is 0 Å². The molecule has 5 heteroatoms. The first-order chi connectivity index (χ1) is 16.1. The van der Waals surface area contributed by atoms with Crippen LogP contribution in [0.15, 0.2) is 121 Å². The topological polar surface area (TPSA) is 61.3 Å². The molecule has 0 aliphatic rings. The Hall–Kier alpha value is -2.18. The Kier molecular flexibility index (Phi) is 8.57. The molecule has 0 saturated carbocycles. The summed E-state index contributed by atoms with van der Waals surface area (Å²) in [4.78, 5) is 0. The molecule has 0 bridgehead atoms. The molecule has 4 aromatic carbocycles. The molecule has 0 atom stereocenters. The summed E-state index contributed by atoms with van der Waals surface area (Å²) >= 11 is -3.83. The molecule has 3 nitrogen and oxygen atoms in total. The minimum absolute atomic E-state index is 0.801. The summed E-state index contributed by atoms with van der Waals surface area (Å²) in [6.07, 6.45) is 0. The van der Waals surface area contributed by atoms with Gasteiger partial charge in [-0.25, -0.2) is 0 Å². The fraction of sp³-hybridized carbons (Fsp3) is 0.143. The summed E-state index contributed by atoms with van der Waals surface area (Å²) in [5.41, 5.74) is 18.6. The molecule has 0 amide bonds. The zero-order valence-corrected chi connectivity index (χ0v) is 21.2. The van der Waals surface area contributed by atoms with Crippen LogP contribution < -0.4 is 11.5 Å². The molecule has 0 unspecified atom stereocenters. The van der Waals surface area contributed by atoms with Gasteiger partial charge < -0.3 is 14.3 Å². The Morgan fingerprint density at radius 2 is 0.879 bits per heavy atom. The summed E-state index contributed by atoms with van der Waals surface area (Å²) in [5.74, 6) is 0. The lowest BCUT2D eigenvalue weighted by Crippen LogP contribution is -2.62. The van der Waals surface area contributed by atoms with Crippen LogP contribution in [0, 0.1) is 0 Å². The second kappa shape index (κ2) is 11.8. The van der Waals surface area contributed by atoms with Gasteiger partial charge in [0, 0.05) is 0 Å². The Labute approximate surface area is 206 Å². The number of hydrogen-bond donors (Lipinski definition) is 2. The third-order valence-corrected chi connectivity index (χ3v) is 13.0. The molecule has 4 aromatic rings. The number of rotatable bonds is 10. The SMILES string of the molecule is N[C](N)(c1ccccc1)[Al]([CH2]c1ccccc1)[O][Al]([CH2]c1ccccc1)[CH2]c1ccccc1. The van der Waals surface area contributed by atoms with Crippen molar-refractivity contribution in [3.8, 4) is 0 Å². The van der Waals surface area contributed by atoms with Crippen LogP contribution in [0.4, 0.5) is 0 Å². The summed E-state index contributed by atoms with van der Waals surface area (Å²) in [6.45, 7) is 0. The third kappa shape index (κ3) is 6.91. The molecule has 4 rings (SSSR count). The van der Waals surface area contributed by atoms with Crippen molar-refractivity contribution in [1.29, 1.82) is 0 Å². The zero-order chi connectivity index (χ0) is 22.9. The quantitative estimate of drug-likeness (QED) is 0.266. The standard InChI is InChI=1S/C7H9N2.3C7H7.2Al.O/c8-7(9)6-4-2-1-3-5-6;3*1-7-5-3-2-4-6-7;;;/h1-5H,8-9H2;3*2-6H,1H2;;;. The van der Waals surface area contributed by atoms with Crippen molar-refractivity contribution in [2.45, 2.75) is 20.4 Å². The van der Waals surface area contributed by atoms with E-state index in [1.54, 1.807) is 0 Å². The van der Waals surface area contributed by atoms with Gasteiger partial charge in [0.25, 0.3) is 0 Å². The van der Waals surface area contributed by atoms with Crippen molar-refractivity contribution in [1.82, 2.24) is 0 Å². The van der Waals surface area contributed by atoms with Crippen molar-refractivity contribution < 1.29 is 2.84 Å². The molecule has 33 heavy (non-hydrogen) atoms. The molecule has 0 aliphatic carbocycles. The maximum absolute atomic E-state index is 7.11. The molecule has 0 aromatic heterocycles. The second-order valence-electron chi connectivity index (χ2n) is 8.61. The van der Waals surface area contributed by atoms with Gasteiger partial charge in [0.1, 0.15) is 0 Å². The van der Waals surface area contributed by atoms with E-state index < -0.39 is 33.5 Å². The Balaban J connectivity index is 1.64. The Bertz CT molecular complexity index is 1050. The third-order valence-electron chi connectivity index (χ3n) is 6.04. The molecule has 0 aliphatic heterocycles. The van der Waals surface area contributed by atoms with Gasteiger partial charge in [-0.1, -0.05) is 138 Å². The minimum atomic E-state index is -2.12. The minimum Gasteiger partial charge on any atom is -0.634 e. The van der Waals surface area contributed by atoms with E-state index in [9.17, 15) is 0 Å². The highest BCUT2D eigenvalue weighted by Crippen LogP contribution is 2.22. The summed E-state index contributed by atoms with van der Waals surface area (Å²) in [5, 5.41) is 2.72. The summed E-state index contributed by atoms with van der Waals surface area (Å²) in [7, 11) is 0. The maximum Gasteiger partial charge on any atom is 0.481 e. The van der Waals surface area contributed by atoms with E-state index in [4.69, 9.17) is 14.3 Å². The number of benzene rings is 4. The van der Waals surface area contributed by atoms with Crippen molar-refractivity contribution in [2.75, 3.05) is 0 Å². The van der Waals surface area contributed by atoms with E-state index >= 15 is 0 Å². The molecular formula is C28H30Al2N2O. The molecular weight excluding hydrogens is 434 g/mol. The highest BCUT2D eigenvalue weighted by atomic mass is 27.3. The summed E-state index contributed by atoms with van der Waals surface area (Å²) in [6, 6.07) is 41.8. The highest BCUT2D eigenvalue weighted by Gasteiger charge is 2.44. The molecule has 164 valence electrons. The Morgan fingerprint density at radius 1 is 0.515 bits per heavy atom. The average molecular weight is 465 g/mol. The van der Waals surface area contributed by atoms with Gasteiger partial charge in [-0.3, -0.25) is 0 Å². The Morgan fingerprint density at radius 3 is 1.30 bits per heavy atom. The highest BCUT2D eigenvalue weighted by molar-refractivity contribution is 6.67. The number of hydrogen-bond acceptors (Lipinski definition) is 3. The van der Waals surface area contributed by atoms with E-state index in [-0.39, 0.29) is 0 Å². The molecule has 0 heterocycles. The van der Waals surface area contributed by atoms with Crippen LogP contribution in [0.25, 0.3) is 0 Å². The average Bonchev–Trinajstić information content (AvgIpc) is 2.86. The number of nitrogens with two attached hydrogens (primary N) is 2. The fourth-order valence-electron chi connectivity index (χ4n) is 4.23. The van der Waals surface area contributed by atoms with Crippen LogP contribution in [0.2, 0.25) is 0 Å². The first kappa shape index (κ1) is 24.0. The lowest BCUT2D eigenvalue weighted by molar-refractivity contribution is 0.488. The molecule has 0 fully saturated rings. The van der Waals surface area contributed by atoms with Crippen molar-refractivity contribution in [2.24, 2.45) is 11.5 Å². The van der Waals surface area contributed by atoms with Crippen LogP contribution in [0.1, 0.15) is 22.3 Å². The normalized spacial score (nSPS) is 11.2. The summed E-state index contributed by atoms with van der Waals surface area (Å²) < 4.78 is 6.15. The van der Waals surface area contributed by atoms with Crippen molar-refractivity contribution in [3.63, 3.8) is 0 Å². The zero-order valence-electron chi connectivity index (χ0n) is 18.9. The van der Waals surface area contributed by atoms with Crippen LogP contribution in [0.3, 0.4) is 0 Å². The van der Waals surface area contributed by atoms with E-state index in [2.05, 4.69) is 84.9 Å². The van der Waals surface area contributed by atoms with Gasteiger partial charge in [-0.05, 0) is 21.4 Å². The van der Waals surface area contributed by atoms with Crippen molar-refractivity contribution >= 4 is 29.0 Å². The molecule has 0 spiro atoms. The van der Waals surface area contributed by atoms with Gasteiger partial charge >= 0.3 is 29.0 Å². The van der Waals surface area contributed by atoms with Gasteiger partial charge in [0.2, 0.25) is 0 Å². The monoisotopic (exact) mass is 464 g/mol. The van der Waals surface area contributed by atoms with Crippen molar-refractivity contribution in [3.05, 3.63) is 144 Å². The van der Waals surface area contributed by atoms with Gasteiger partial charge in [0.05, 0.1) is 4.52 Å².